The van der Waals surface area contributed by atoms with Gasteiger partial charge in [-0.3, -0.25) is 0 Å². The molecule has 0 spiro atoms. The Hall–Kier alpha value is -0.910. The molecule has 1 aromatic carbocycles. The maximum atomic E-state index is 10.4. The summed E-state index contributed by atoms with van der Waals surface area (Å²) in [4.78, 5) is 10.4. The number of carbonyl (C=O) groups excluding carboxylic acids is 1. The summed E-state index contributed by atoms with van der Waals surface area (Å²) in [5, 5.41) is 0. The molecule has 1 rings (SSSR count). The van der Waals surface area contributed by atoms with Crippen molar-refractivity contribution in [3.63, 3.8) is 0 Å². The predicted octanol–water partition coefficient (Wildman–Crippen LogP) is 2.19. The van der Waals surface area contributed by atoms with Crippen LogP contribution in [-0.2, 0) is 20.7 Å². The molecule has 0 saturated heterocycles. The van der Waals surface area contributed by atoms with Gasteiger partial charge in [0.2, 0.25) is 0 Å². The van der Waals surface area contributed by atoms with E-state index in [-0.39, 0.29) is 6.79 Å². The number of halogens is 1. The predicted molar refractivity (Wildman–Crippen MR) is 67.2 cm³/mol. The third-order valence-corrected chi connectivity index (χ3v) is 2.66. The molecule has 0 aliphatic carbocycles. The second kappa shape index (κ2) is 8.22. The van der Waals surface area contributed by atoms with Crippen molar-refractivity contribution in [2.45, 2.75) is 6.42 Å². The second-order valence-corrected chi connectivity index (χ2v) is 4.15. The average molecular weight is 303 g/mol. The van der Waals surface area contributed by atoms with Gasteiger partial charge in [0.25, 0.3) is 0 Å². The molecule has 0 N–H and O–H groups in total. The van der Waals surface area contributed by atoms with Crippen molar-refractivity contribution in [1.82, 2.24) is 0 Å². The zero-order valence-corrected chi connectivity index (χ0v) is 11.2. The first-order chi connectivity index (χ1) is 8.27. The molecule has 0 aromatic heterocycles. The number of hydrogen-bond donors (Lipinski definition) is 0. The lowest BCUT2D eigenvalue weighted by atomic mass is 10.2. The number of ether oxygens (including phenoxy) is 3. The number of carbonyl (C=O) groups is 1. The first-order valence-electron chi connectivity index (χ1n) is 5.19. The Balaban J connectivity index is 2.40. The average Bonchev–Trinajstić information content (AvgIpc) is 2.32. The van der Waals surface area contributed by atoms with Gasteiger partial charge in [-0.05, 0) is 33.6 Å². The fourth-order valence-electron chi connectivity index (χ4n) is 1.19. The Kier molecular flexibility index (Phi) is 6.84. The van der Waals surface area contributed by atoms with E-state index in [2.05, 4.69) is 15.9 Å². The van der Waals surface area contributed by atoms with E-state index in [1.165, 1.54) is 0 Å². The maximum absolute atomic E-state index is 10.4. The van der Waals surface area contributed by atoms with Crippen LogP contribution in [-0.4, -0.2) is 33.4 Å². The monoisotopic (exact) mass is 302 g/mol. The maximum Gasteiger partial charge on any atom is 0.189 e. The summed E-state index contributed by atoms with van der Waals surface area (Å²) >= 11 is 3.38. The van der Waals surface area contributed by atoms with E-state index in [1.807, 2.05) is 18.2 Å². The molecule has 0 aliphatic heterocycles. The second-order valence-electron chi connectivity index (χ2n) is 3.30. The van der Waals surface area contributed by atoms with Crippen LogP contribution in [0.3, 0.4) is 0 Å². The third-order valence-electron chi connectivity index (χ3n) is 2.04. The molecule has 94 valence electrons. The van der Waals surface area contributed by atoms with Crippen molar-refractivity contribution < 1.29 is 19.0 Å². The highest BCUT2D eigenvalue weighted by atomic mass is 79.9. The molecule has 5 heteroatoms. The van der Waals surface area contributed by atoms with E-state index in [9.17, 15) is 4.79 Å². The van der Waals surface area contributed by atoms with Crippen LogP contribution < -0.4 is 4.74 Å². The van der Waals surface area contributed by atoms with Gasteiger partial charge in [0.15, 0.2) is 6.79 Å². The molecule has 0 aliphatic rings. The molecule has 17 heavy (non-hydrogen) atoms. The van der Waals surface area contributed by atoms with Crippen molar-refractivity contribution in [2.24, 2.45) is 0 Å². The van der Waals surface area contributed by atoms with Crippen LogP contribution in [0.15, 0.2) is 22.7 Å². The summed E-state index contributed by atoms with van der Waals surface area (Å²) in [6, 6.07) is 5.52. The molecule has 0 fully saturated rings. The minimum absolute atomic E-state index is 0.176. The van der Waals surface area contributed by atoms with Gasteiger partial charge in [0, 0.05) is 13.5 Å². The molecule has 4 nitrogen and oxygen atoms in total. The van der Waals surface area contributed by atoms with Gasteiger partial charge >= 0.3 is 0 Å². The summed E-state index contributed by atoms with van der Waals surface area (Å²) < 4.78 is 16.2. The fraction of sp³-hybridized carbons (Fsp3) is 0.417. The van der Waals surface area contributed by atoms with E-state index >= 15 is 0 Å². The van der Waals surface area contributed by atoms with Crippen molar-refractivity contribution in [1.29, 1.82) is 0 Å². The quantitative estimate of drug-likeness (QED) is 0.419. The normalized spacial score (nSPS) is 10.2. The van der Waals surface area contributed by atoms with Crippen LogP contribution in [0.5, 0.6) is 5.75 Å². The van der Waals surface area contributed by atoms with Gasteiger partial charge in [0.05, 0.1) is 17.7 Å². The zero-order valence-electron chi connectivity index (χ0n) is 9.65. The van der Waals surface area contributed by atoms with Crippen LogP contribution in [0.4, 0.5) is 0 Å². The summed E-state index contributed by atoms with van der Waals surface area (Å²) in [5.41, 5.74) is 0.944. The van der Waals surface area contributed by atoms with Gasteiger partial charge < -0.3 is 19.0 Å². The molecule has 1 aromatic rings. The van der Waals surface area contributed by atoms with Gasteiger partial charge in [0.1, 0.15) is 12.0 Å². The standard InChI is InChI=1S/C12H15BrO4/c1-15-6-7-16-9-17-12-3-2-10(4-5-14)8-11(12)13/h2-3,5,8H,4,6-7,9H2,1H3. The molecule has 0 saturated carbocycles. The van der Waals surface area contributed by atoms with E-state index in [1.54, 1.807) is 7.11 Å². The minimum Gasteiger partial charge on any atom is -0.466 e. The first kappa shape index (κ1) is 14.2. The van der Waals surface area contributed by atoms with Crippen LogP contribution >= 0.6 is 15.9 Å². The topological polar surface area (TPSA) is 44.8 Å². The van der Waals surface area contributed by atoms with Crippen LogP contribution in [0.1, 0.15) is 5.56 Å². The van der Waals surface area contributed by atoms with E-state index in [4.69, 9.17) is 14.2 Å². The minimum atomic E-state index is 0.176. The van der Waals surface area contributed by atoms with E-state index in [0.717, 1.165) is 16.3 Å². The highest BCUT2D eigenvalue weighted by molar-refractivity contribution is 9.10. The van der Waals surface area contributed by atoms with Crippen molar-refractivity contribution >= 4 is 22.2 Å². The molecule has 0 unspecified atom stereocenters. The smallest absolute Gasteiger partial charge is 0.189 e. The molecule has 0 atom stereocenters. The molecule has 0 bridgehead atoms. The van der Waals surface area contributed by atoms with Crippen LogP contribution in [0, 0.1) is 0 Å². The Morgan fingerprint density at radius 2 is 2.18 bits per heavy atom. The Bertz CT molecular complexity index is 354. The molecule has 0 amide bonds. The summed E-state index contributed by atoms with van der Waals surface area (Å²) in [5.74, 6) is 0.692. The highest BCUT2D eigenvalue weighted by Gasteiger charge is 2.02. The fourth-order valence-corrected chi connectivity index (χ4v) is 1.73. The summed E-state index contributed by atoms with van der Waals surface area (Å²) in [6.45, 7) is 1.22. The summed E-state index contributed by atoms with van der Waals surface area (Å²) in [7, 11) is 1.62. The van der Waals surface area contributed by atoms with E-state index in [0.29, 0.717) is 25.4 Å². The first-order valence-corrected chi connectivity index (χ1v) is 5.98. The Labute approximate surface area is 109 Å². The van der Waals surface area contributed by atoms with Gasteiger partial charge in [-0.1, -0.05) is 6.07 Å². The molecule has 0 radical (unpaired) electrons. The van der Waals surface area contributed by atoms with Gasteiger partial charge in [-0.2, -0.15) is 0 Å². The SMILES string of the molecule is COCCOCOc1ccc(CC=O)cc1Br. The Morgan fingerprint density at radius 1 is 1.35 bits per heavy atom. The number of aldehydes is 1. The number of rotatable bonds is 8. The van der Waals surface area contributed by atoms with Crippen molar-refractivity contribution in [3.05, 3.63) is 28.2 Å². The highest BCUT2D eigenvalue weighted by Crippen LogP contribution is 2.26. The van der Waals surface area contributed by atoms with Crippen molar-refractivity contribution in [3.8, 4) is 5.75 Å². The van der Waals surface area contributed by atoms with Crippen molar-refractivity contribution in [2.75, 3.05) is 27.1 Å². The summed E-state index contributed by atoms with van der Waals surface area (Å²) in [6.07, 6.45) is 1.28. The lowest BCUT2D eigenvalue weighted by molar-refractivity contribution is -0.107. The van der Waals surface area contributed by atoms with Crippen LogP contribution in [0.25, 0.3) is 0 Å². The molecular formula is C12H15BrO4. The number of hydrogen-bond acceptors (Lipinski definition) is 4. The van der Waals surface area contributed by atoms with Gasteiger partial charge in [-0.25, -0.2) is 0 Å². The molecule has 0 heterocycles. The lowest BCUT2D eigenvalue weighted by Gasteiger charge is -2.09. The molecular weight excluding hydrogens is 288 g/mol. The lowest BCUT2D eigenvalue weighted by Crippen LogP contribution is -2.08. The number of methoxy groups -OCH3 is 1. The van der Waals surface area contributed by atoms with Crippen LogP contribution in [0.2, 0.25) is 0 Å². The largest absolute Gasteiger partial charge is 0.466 e. The number of benzene rings is 1. The van der Waals surface area contributed by atoms with Gasteiger partial charge in [-0.15, -0.1) is 0 Å². The Morgan fingerprint density at radius 3 is 2.82 bits per heavy atom. The van der Waals surface area contributed by atoms with E-state index < -0.39 is 0 Å². The third kappa shape index (κ3) is 5.30. The zero-order chi connectivity index (χ0) is 12.5.